The lowest BCUT2D eigenvalue weighted by atomic mass is 10.0. The molecule has 18 heavy (non-hydrogen) atoms. The lowest BCUT2D eigenvalue weighted by Gasteiger charge is -2.11. The fourth-order valence-corrected chi connectivity index (χ4v) is 1.98. The monoisotopic (exact) mass is 256 g/mol. The van der Waals surface area contributed by atoms with Gasteiger partial charge in [-0.15, -0.1) is 0 Å². The average molecular weight is 256 g/mol. The van der Waals surface area contributed by atoms with Gasteiger partial charge in [0.1, 0.15) is 11.6 Å². The number of unbranched alkanes of at least 4 members (excludes halogenated alkanes) is 4. The molecule has 0 saturated carbocycles. The molecule has 0 aliphatic carbocycles. The molecule has 0 aromatic heterocycles. The number of hydrogen-bond acceptors (Lipinski definition) is 4. The van der Waals surface area contributed by atoms with Gasteiger partial charge in [-0.2, -0.15) is 0 Å². The van der Waals surface area contributed by atoms with Crippen molar-refractivity contribution in [2.75, 3.05) is 13.6 Å². The summed E-state index contributed by atoms with van der Waals surface area (Å²) < 4.78 is 0. The maximum absolute atomic E-state index is 11.6. The molecule has 0 unspecified atom stereocenters. The third-order valence-corrected chi connectivity index (χ3v) is 3.21. The van der Waals surface area contributed by atoms with Gasteiger partial charge in [-0.05, 0) is 39.8 Å². The molecule has 106 valence electrons. The Hall–Kier alpha value is -0.740. The zero-order chi connectivity index (χ0) is 13.8. The van der Waals surface area contributed by atoms with Crippen molar-refractivity contribution in [3.8, 4) is 0 Å². The summed E-state index contributed by atoms with van der Waals surface area (Å²) in [4.78, 5) is 22.8. The summed E-state index contributed by atoms with van der Waals surface area (Å²) in [5.74, 6) is 0.377. The first-order valence-corrected chi connectivity index (χ1v) is 7.01. The minimum Gasteiger partial charge on any atom is -0.330 e. The largest absolute Gasteiger partial charge is 0.330 e. The molecule has 0 bridgehead atoms. The number of nitrogens with two attached hydrogens (primary N) is 1. The van der Waals surface area contributed by atoms with E-state index in [0.29, 0.717) is 19.3 Å². The molecule has 0 heterocycles. The Kier molecular flexibility index (Phi) is 10.9. The van der Waals surface area contributed by atoms with E-state index in [9.17, 15) is 9.59 Å². The molecule has 0 rings (SSSR count). The van der Waals surface area contributed by atoms with Crippen molar-refractivity contribution >= 4 is 11.6 Å². The second kappa shape index (κ2) is 11.4. The van der Waals surface area contributed by atoms with Crippen LogP contribution in [0.25, 0.3) is 0 Å². The van der Waals surface area contributed by atoms with Crippen molar-refractivity contribution in [2.45, 2.75) is 64.3 Å². The number of likely N-dealkylation sites (N-methyl/N-ethyl adjacent to an activating group) is 1. The molecule has 0 aromatic carbocycles. The topological polar surface area (TPSA) is 72.2 Å². The molecule has 0 aliphatic heterocycles. The molecule has 4 heteroatoms. The minimum atomic E-state index is -0.168. The Morgan fingerprint density at radius 1 is 1.06 bits per heavy atom. The summed E-state index contributed by atoms with van der Waals surface area (Å²) in [6, 6.07) is -0.168. The molecule has 0 spiro atoms. The molecular weight excluding hydrogens is 228 g/mol. The second-order valence-electron chi connectivity index (χ2n) is 4.84. The van der Waals surface area contributed by atoms with E-state index in [2.05, 4.69) is 5.32 Å². The van der Waals surface area contributed by atoms with Crippen molar-refractivity contribution in [3.05, 3.63) is 0 Å². The SMILES string of the molecule is CN[C@@H](CCC(=O)CCCCCCCN)C(C)=O. The number of nitrogens with one attached hydrogen (secondary N) is 1. The Morgan fingerprint density at radius 2 is 1.67 bits per heavy atom. The highest BCUT2D eigenvalue weighted by molar-refractivity contribution is 5.83. The molecule has 0 aliphatic rings. The van der Waals surface area contributed by atoms with Crippen LogP contribution in [-0.2, 0) is 9.59 Å². The molecule has 0 saturated heterocycles. The van der Waals surface area contributed by atoms with Gasteiger partial charge < -0.3 is 11.1 Å². The second-order valence-corrected chi connectivity index (χ2v) is 4.84. The summed E-state index contributed by atoms with van der Waals surface area (Å²) in [7, 11) is 1.76. The van der Waals surface area contributed by atoms with E-state index >= 15 is 0 Å². The lowest BCUT2D eigenvalue weighted by molar-refractivity contribution is -0.120. The molecule has 0 radical (unpaired) electrons. The van der Waals surface area contributed by atoms with Crippen molar-refractivity contribution < 1.29 is 9.59 Å². The molecular formula is C14H28N2O2. The van der Waals surface area contributed by atoms with E-state index in [1.165, 1.54) is 0 Å². The zero-order valence-electron chi connectivity index (χ0n) is 11.8. The van der Waals surface area contributed by atoms with Crippen molar-refractivity contribution in [3.63, 3.8) is 0 Å². The number of carbonyl (C=O) groups is 2. The van der Waals surface area contributed by atoms with Gasteiger partial charge in [0.25, 0.3) is 0 Å². The molecule has 1 atom stereocenters. The van der Waals surface area contributed by atoms with E-state index < -0.39 is 0 Å². The fourth-order valence-electron chi connectivity index (χ4n) is 1.98. The standard InChI is InChI=1S/C14H28N2O2/c1-12(17)14(16-2)10-9-13(18)8-6-4-3-5-7-11-15/h14,16H,3-11,15H2,1-2H3/t14-/m0/s1. The number of ketones is 2. The lowest BCUT2D eigenvalue weighted by Crippen LogP contribution is -2.32. The van der Waals surface area contributed by atoms with Crippen LogP contribution in [0.5, 0.6) is 0 Å². The number of rotatable bonds is 12. The van der Waals surface area contributed by atoms with Gasteiger partial charge in [0.05, 0.1) is 6.04 Å². The molecule has 0 fully saturated rings. The number of hydrogen-bond donors (Lipinski definition) is 2. The normalized spacial score (nSPS) is 12.4. The summed E-state index contributed by atoms with van der Waals surface area (Å²) in [6.07, 6.45) is 7.26. The highest BCUT2D eigenvalue weighted by Crippen LogP contribution is 2.08. The van der Waals surface area contributed by atoms with Crippen LogP contribution in [-0.4, -0.2) is 31.2 Å². The van der Waals surface area contributed by atoms with Crippen LogP contribution in [0.3, 0.4) is 0 Å². The van der Waals surface area contributed by atoms with Crippen LogP contribution >= 0.6 is 0 Å². The molecule has 3 N–H and O–H groups in total. The number of Topliss-reactive ketones (excluding diaryl/α,β-unsaturated/α-hetero) is 2. The number of carbonyl (C=O) groups excluding carboxylic acids is 2. The van der Waals surface area contributed by atoms with Crippen molar-refractivity contribution in [2.24, 2.45) is 5.73 Å². The maximum atomic E-state index is 11.6. The van der Waals surface area contributed by atoms with Crippen molar-refractivity contribution in [1.29, 1.82) is 0 Å². The predicted molar refractivity (Wildman–Crippen MR) is 74.5 cm³/mol. The first-order chi connectivity index (χ1) is 8.61. The smallest absolute Gasteiger partial charge is 0.146 e. The Balaban J connectivity index is 3.50. The van der Waals surface area contributed by atoms with Crippen LogP contribution < -0.4 is 11.1 Å². The van der Waals surface area contributed by atoms with E-state index in [4.69, 9.17) is 5.73 Å². The third kappa shape index (κ3) is 9.31. The van der Waals surface area contributed by atoms with Crippen LogP contribution in [0.15, 0.2) is 0 Å². The van der Waals surface area contributed by atoms with Crippen LogP contribution in [0, 0.1) is 0 Å². The van der Waals surface area contributed by atoms with Gasteiger partial charge in [-0.25, -0.2) is 0 Å². The zero-order valence-corrected chi connectivity index (χ0v) is 11.8. The highest BCUT2D eigenvalue weighted by Gasteiger charge is 2.13. The van der Waals surface area contributed by atoms with Crippen LogP contribution in [0.1, 0.15) is 58.3 Å². The summed E-state index contributed by atoms with van der Waals surface area (Å²) in [6.45, 7) is 2.32. The first-order valence-electron chi connectivity index (χ1n) is 7.01. The van der Waals surface area contributed by atoms with Gasteiger partial charge >= 0.3 is 0 Å². The minimum absolute atomic E-state index is 0.104. The van der Waals surface area contributed by atoms with Gasteiger partial charge in [0.2, 0.25) is 0 Å². The molecule has 0 aromatic rings. The highest BCUT2D eigenvalue weighted by atomic mass is 16.1. The Bertz CT molecular complexity index is 242. The summed E-state index contributed by atoms with van der Waals surface area (Å²) in [5.41, 5.74) is 5.41. The van der Waals surface area contributed by atoms with Crippen molar-refractivity contribution in [1.82, 2.24) is 5.32 Å². The van der Waals surface area contributed by atoms with Gasteiger partial charge in [-0.1, -0.05) is 19.3 Å². The van der Waals surface area contributed by atoms with E-state index in [-0.39, 0.29) is 17.6 Å². The van der Waals surface area contributed by atoms with Crippen LogP contribution in [0.4, 0.5) is 0 Å². The van der Waals surface area contributed by atoms with E-state index in [0.717, 1.165) is 38.6 Å². The molecule has 0 amide bonds. The van der Waals surface area contributed by atoms with E-state index in [1.807, 2.05) is 0 Å². The van der Waals surface area contributed by atoms with Gasteiger partial charge in [-0.3, -0.25) is 9.59 Å². The summed E-state index contributed by atoms with van der Waals surface area (Å²) >= 11 is 0. The Labute approximate surface area is 111 Å². The fraction of sp³-hybridized carbons (Fsp3) is 0.857. The average Bonchev–Trinajstić information content (AvgIpc) is 2.34. The predicted octanol–water partition coefficient (Wildman–Crippen LogP) is 1.81. The quantitative estimate of drug-likeness (QED) is 0.522. The first kappa shape index (κ1) is 17.3. The maximum Gasteiger partial charge on any atom is 0.146 e. The van der Waals surface area contributed by atoms with Gasteiger partial charge in [0, 0.05) is 12.8 Å². The summed E-state index contributed by atoms with van der Waals surface area (Å²) in [5, 5.41) is 2.93. The third-order valence-electron chi connectivity index (χ3n) is 3.21. The van der Waals surface area contributed by atoms with Gasteiger partial charge in [0.15, 0.2) is 0 Å². The van der Waals surface area contributed by atoms with Crippen LogP contribution in [0.2, 0.25) is 0 Å². The van der Waals surface area contributed by atoms with E-state index in [1.54, 1.807) is 14.0 Å². The Morgan fingerprint density at radius 3 is 2.22 bits per heavy atom. The molecule has 4 nitrogen and oxygen atoms in total.